The Morgan fingerprint density at radius 2 is 1.70 bits per heavy atom. The molecule has 2 N–H and O–H groups in total. The van der Waals surface area contributed by atoms with Crippen molar-refractivity contribution in [2.75, 3.05) is 33.0 Å². The second-order valence-corrected chi connectivity index (χ2v) is 6.92. The molecule has 1 unspecified atom stereocenters. The van der Waals surface area contributed by atoms with Gasteiger partial charge in [0.15, 0.2) is 24.2 Å². The molecule has 2 aromatic rings. The van der Waals surface area contributed by atoms with Crippen molar-refractivity contribution in [1.82, 2.24) is 10.6 Å². The number of para-hydroxylation sites is 2. The second-order valence-electron chi connectivity index (χ2n) is 6.92. The molecular weight excluding hydrogens is 432 g/mol. The van der Waals surface area contributed by atoms with Gasteiger partial charge in [-0.05, 0) is 43.3 Å². The van der Waals surface area contributed by atoms with Crippen LogP contribution in [0.2, 0.25) is 0 Å². The first-order chi connectivity index (χ1) is 16.0. The highest BCUT2D eigenvalue weighted by Gasteiger charge is 2.21. The van der Waals surface area contributed by atoms with Crippen molar-refractivity contribution in [3.05, 3.63) is 48.5 Å². The number of hydrogen-bond donors (Lipinski definition) is 2. The van der Waals surface area contributed by atoms with E-state index in [9.17, 15) is 14.4 Å². The van der Waals surface area contributed by atoms with Crippen molar-refractivity contribution in [3.8, 4) is 23.0 Å². The van der Waals surface area contributed by atoms with E-state index in [1.165, 1.54) is 0 Å². The lowest BCUT2D eigenvalue weighted by atomic mass is 10.2. The number of rotatable bonds is 10. The molecule has 0 radical (unpaired) electrons. The Morgan fingerprint density at radius 3 is 2.42 bits per heavy atom. The molecule has 10 heteroatoms. The highest BCUT2D eigenvalue weighted by atomic mass is 16.6. The average molecular weight is 458 g/mol. The fraction of sp³-hybridized carbons (Fsp3) is 0.348. The minimum absolute atomic E-state index is 0.0484. The van der Waals surface area contributed by atoms with Gasteiger partial charge in [0.1, 0.15) is 18.1 Å². The van der Waals surface area contributed by atoms with Crippen molar-refractivity contribution in [1.29, 1.82) is 0 Å². The van der Waals surface area contributed by atoms with Gasteiger partial charge in [0, 0.05) is 0 Å². The SMILES string of the molecule is CCOc1ccc(OCCC(=O)OCC(=O)NC(=O)NCC2COc3ccccc3O2)cc1. The Labute approximate surface area is 191 Å². The number of ether oxygens (including phenoxy) is 5. The third-order valence-corrected chi connectivity index (χ3v) is 4.38. The molecule has 0 spiro atoms. The molecule has 0 aromatic heterocycles. The summed E-state index contributed by atoms with van der Waals surface area (Å²) in [7, 11) is 0. The quantitative estimate of drug-likeness (QED) is 0.519. The summed E-state index contributed by atoms with van der Waals surface area (Å²) >= 11 is 0. The molecule has 1 aliphatic heterocycles. The van der Waals surface area contributed by atoms with Crippen LogP contribution < -0.4 is 29.6 Å². The molecule has 2 aromatic carbocycles. The van der Waals surface area contributed by atoms with Crippen molar-refractivity contribution in [2.45, 2.75) is 19.4 Å². The van der Waals surface area contributed by atoms with Gasteiger partial charge in [-0.2, -0.15) is 0 Å². The number of nitrogens with one attached hydrogen (secondary N) is 2. The van der Waals surface area contributed by atoms with Gasteiger partial charge in [-0.25, -0.2) is 4.79 Å². The first-order valence-corrected chi connectivity index (χ1v) is 10.5. The molecule has 0 bridgehead atoms. The van der Waals surface area contributed by atoms with Gasteiger partial charge in [-0.1, -0.05) is 12.1 Å². The van der Waals surface area contributed by atoms with E-state index in [0.29, 0.717) is 23.9 Å². The summed E-state index contributed by atoms with van der Waals surface area (Å²) < 4.78 is 26.9. The first kappa shape index (κ1) is 23.7. The van der Waals surface area contributed by atoms with Crippen LogP contribution in [0, 0.1) is 0 Å². The summed E-state index contributed by atoms with van der Waals surface area (Å²) in [5.41, 5.74) is 0. The van der Waals surface area contributed by atoms with Crippen molar-refractivity contribution in [3.63, 3.8) is 0 Å². The fourth-order valence-corrected chi connectivity index (χ4v) is 2.85. The smallest absolute Gasteiger partial charge is 0.321 e. The number of fused-ring (bicyclic) bond motifs is 1. The molecule has 33 heavy (non-hydrogen) atoms. The normalized spacial score (nSPS) is 14.0. The maximum atomic E-state index is 11.9. The zero-order chi connectivity index (χ0) is 23.5. The highest BCUT2D eigenvalue weighted by Crippen LogP contribution is 2.30. The average Bonchev–Trinajstić information content (AvgIpc) is 2.82. The number of benzene rings is 2. The molecule has 176 valence electrons. The Morgan fingerprint density at radius 1 is 1.00 bits per heavy atom. The summed E-state index contributed by atoms with van der Waals surface area (Å²) in [4.78, 5) is 35.4. The second kappa shape index (κ2) is 12.2. The van der Waals surface area contributed by atoms with Crippen LogP contribution >= 0.6 is 0 Å². The van der Waals surface area contributed by atoms with Gasteiger partial charge >= 0.3 is 12.0 Å². The molecule has 10 nitrogen and oxygen atoms in total. The van der Waals surface area contributed by atoms with Gasteiger partial charge in [0.2, 0.25) is 0 Å². The van der Waals surface area contributed by atoms with Gasteiger partial charge < -0.3 is 29.0 Å². The predicted molar refractivity (Wildman–Crippen MR) is 117 cm³/mol. The topological polar surface area (TPSA) is 121 Å². The van der Waals surface area contributed by atoms with E-state index in [1.54, 1.807) is 36.4 Å². The van der Waals surface area contributed by atoms with E-state index in [0.717, 1.165) is 5.75 Å². The van der Waals surface area contributed by atoms with E-state index >= 15 is 0 Å². The van der Waals surface area contributed by atoms with Crippen LogP contribution in [-0.4, -0.2) is 57.0 Å². The molecule has 0 fully saturated rings. The number of imide groups is 1. The fourth-order valence-electron chi connectivity index (χ4n) is 2.85. The summed E-state index contributed by atoms with van der Waals surface area (Å²) in [5.74, 6) is 1.16. The largest absolute Gasteiger partial charge is 0.494 e. The monoisotopic (exact) mass is 458 g/mol. The van der Waals surface area contributed by atoms with Crippen LogP contribution in [0.5, 0.6) is 23.0 Å². The van der Waals surface area contributed by atoms with Crippen molar-refractivity contribution >= 4 is 17.9 Å². The standard InChI is InChI=1S/C23H26N2O8/c1-2-29-16-7-9-17(10-8-16)30-12-11-22(27)32-15-21(26)25-23(28)24-13-18-14-31-19-5-3-4-6-20(19)33-18/h3-10,18H,2,11-15H2,1H3,(H2,24,25,26,28). The van der Waals surface area contributed by atoms with E-state index in [2.05, 4.69) is 10.6 Å². The van der Waals surface area contributed by atoms with Crippen LogP contribution in [0.4, 0.5) is 4.79 Å². The number of esters is 1. The number of carbonyl (C=O) groups is 3. The van der Waals surface area contributed by atoms with E-state index in [4.69, 9.17) is 23.7 Å². The molecule has 0 aliphatic carbocycles. The van der Waals surface area contributed by atoms with Crippen molar-refractivity contribution in [2.24, 2.45) is 0 Å². The number of urea groups is 1. The minimum Gasteiger partial charge on any atom is -0.494 e. The molecule has 1 aliphatic rings. The van der Waals surface area contributed by atoms with Crippen LogP contribution in [0.15, 0.2) is 48.5 Å². The minimum atomic E-state index is -0.751. The predicted octanol–water partition coefficient (Wildman–Crippen LogP) is 2.06. The number of hydrogen-bond acceptors (Lipinski definition) is 8. The lowest BCUT2D eigenvalue weighted by Gasteiger charge is -2.26. The number of amides is 3. The summed E-state index contributed by atoms with van der Waals surface area (Å²) in [6.45, 7) is 2.37. The summed E-state index contributed by atoms with van der Waals surface area (Å²) in [6, 6.07) is 13.5. The maximum absolute atomic E-state index is 11.9. The first-order valence-electron chi connectivity index (χ1n) is 10.5. The molecule has 1 heterocycles. The van der Waals surface area contributed by atoms with Gasteiger partial charge in [-0.15, -0.1) is 0 Å². The summed E-state index contributed by atoms with van der Waals surface area (Å²) in [5, 5.41) is 4.61. The molecule has 0 saturated heterocycles. The molecule has 1 atom stereocenters. The Bertz CT molecular complexity index is 948. The van der Waals surface area contributed by atoms with Gasteiger partial charge in [0.25, 0.3) is 5.91 Å². The van der Waals surface area contributed by atoms with Crippen LogP contribution in [0.3, 0.4) is 0 Å². The molecule has 3 rings (SSSR count). The highest BCUT2D eigenvalue weighted by molar-refractivity contribution is 5.95. The molecular formula is C23H26N2O8. The van der Waals surface area contributed by atoms with Crippen LogP contribution in [-0.2, 0) is 14.3 Å². The van der Waals surface area contributed by atoms with E-state index < -0.39 is 30.6 Å². The Kier molecular flexibility index (Phi) is 8.75. The summed E-state index contributed by atoms with van der Waals surface area (Å²) in [6.07, 6.45) is -0.443. The molecule has 3 amide bonds. The Balaban J connectivity index is 1.26. The third-order valence-electron chi connectivity index (χ3n) is 4.38. The molecule has 0 saturated carbocycles. The van der Waals surface area contributed by atoms with Crippen molar-refractivity contribution < 1.29 is 38.1 Å². The van der Waals surface area contributed by atoms with Crippen LogP contribution in [0.1, 0.15) is 13.3 Å². The lowest BCUT2D eigenvalue weighted by Crippen LogP contribution is -2.46. The number of carbonyl (C=O) groups excluding carboxylic acids is 3. The van der Waals surface area contributed by atoms with Gasteiger partial charge in [0.05, 0.1) is 26.2 Å². The van der Waals surface area contributed by atoms with Crippen LogP contribution in [0.25, 0.3) is 0 Å². The lowest BCUT2D eigenvalue weighted by molar-refractivity contribution is -0.148. The third kappa shape index (κ3) is 7.91. The van der Waals surface area contributed by atoms with E-state index in [1.807, 2.05) is 19.1 Å². The van der Waals surface area contributed by atoms with E-state index in [-0.39, 0.29) is 26.2 Å². The zero-order valence-corrected chi connectivity index (χ0v) is 18.2. The van der Waals surface area contributed by atoms with Gasteiger partial charge in [-0.3, -0.25) is 14.9 Å². The Hall–Kier alpha value is -3.95. The zero-order valence-electron chi connectivity index (χ0n) is 18.2. The maximum Gasteiger partial charge on any atom is 0.321 e.